The second-order valence-corrected chi connectivity index (χ2v) is 6.00. The van der Waals surface area contributed by atoms with E-state index in [-0.39, 0.29) is 5.97 Å². The minimum Gasteiger partial charge on any atom is -0.494 e. The maximum atomic E-state index is 12.2. The molecule has 0 aliphatic rings. The zero-order valence-corrected chi connectivity index (χ0v) is 14.0. The summed E-state index contributed by atoms with van der Waals surface area (Å²) in [6, 6.07) is 14.7. The molecule has 3 heteroatoms. The van der Waals surface area contributed by atoms with Gasteiger partial charge in [0.15, 0.2) is 0 Å². The molecule has 0 N–H and O–H groups in total. The van der Waals surface area contributed by atoms with Crippen LogP contribution in [0.2, 0.25) is 0 Å². The van der Waals surface area contributed by atoms with Crippen LogP contribution in [-0.4, -0.2) is 12.6 Å². The van der Waals surface area contributed by atoms with Crippen LogP contribution < -0.4 is 9.47 Å². The number of benzene rings is 2. The molecule has 122 valence electrons. The first-order valence-electron chi connectivity index (χ1n) is 8.12. The van der Waals surface area contributed by atoms with Crippen molar-refractivity contribution in [3.63, 3.8) is 0 Å². The van der Waals surface area contributed by atoms with Gasteiger partial charge in [-0.1, -0.05) is 32.9 Å². The van der Waals surface area contributed by atoms with Crippen LogP contribution in [0.1, 0.15) is 43.1 Å². The SMILES string of the molecule is CCCOc1ccc(OC(=O)c2ccc(CC(C)C)cc2)cc1. The van der Waals surface area contributed by atoms with Crippen LogP contribution in [0.15, 0.2) is 48.5 Å². The molecular formula is C20H24O3. The molecule has 23 heavy (non-hydrogen) atoms. The smallest absolute Gasteiger partial charge is 0.343 e. The van der Waals surface area contributed by atoms with Gasteiger partial charge in [0.05, 0.1) is 12.2 Å². The summed E-state index contributed by atoms with van der Waals surface area (Å²) in [6.07, 6.45) is 1.97. The third-order valence-electron chi connectivity index (χ3n) is 3.34. The first-order chi connectivity index (χ1) is 11.1. The summed E-state index contributed by atoms with van der Waals surface area (Å²) in [7, 11) is 0. The number of esters is 1. The minimum absolute atomic E-state index is 0.344. The van der Waals surface area contributed by atoms with E-state index in [1.807, 2.05) is 36.4 Å². The van der Waals surface area contributed by atoms with Gasteiger partial charge in [-0.3, -0.25) is 0 Å². The van der Waals surface area contributed by atoms with Gasteiger partial charge < -0.3 is 9.47 Å². The van der Waals surface area contributed by atoms with Crippen molar-refractivity contribution in [2.45, 2.75) is 33.6 Å². The van der Waals surface area contributed by atoms with Gasteiger partial charge in [0.25, 0.3) is 0 Å². The molecule has 2 aromatic carbocycles. The summed E-state index contributed by atoms with van der Waals surface area (Å²) in [5, 5.41) is 0. The third kappa shape index (κ3) is 5.44. The van der Waals surface area contributed by atoms with Crippen LogP contribution in [0.25, 0.3) is 0 Å². The first-order valence-corrected chi connectivity index (χ1v) is 8.12. The van der Waals surface area contributed by atoms with Crippen molar-refractivity contribution in [3.05, 3.63) is 59.7 Å². The molecule has 0 bridgehead atoms. The summed E-state index contributed by atoms with van der Waals surface area (Å²) in [4.78, 5) is 12.2. The van der Waals surface area contributed by atoms with E-state index in [1.54, 1.807) is 12.1 Å². The molecule has 2 rings (SSSR count). The summed E-state index contributed by atoms with van der Waals surface area (Å²) in [5.74, 6) is 1.55. The molecule has 0 heterocycles. The molecular weight excluding hydrogens is 288 g/mol. The number of ether oxygens (including phenoxy) is 2. The van der Waals surface area contributed by atoms with Crippen molar-refractivity contribution in [3.8, 4) is 11.5 Å². The minimum atomic E-state index is -0.344. The number of hydrogen-bond acceptors (Lipinski definition) is 3. The Labute approximate surface area is 138 Å². The van der Waals surface area contributed by atoms with Gasteiger partial charge in [-0.2, -0.15) is 0 Å². The number of carbonyl (C=O) groups excluding carboxylic acids is 1. The number of rotatable bonds is 7. The highest BCUT2D eigenvalue weighted by atomic mass is 16.5. The Morgan fingerprint density at radius 1 is 0.957 bits per heavy atom. The van der Waals surface area contributed by atoms with Crippen molar-refractivity contribution in [1.29, 1.82) is 0 Å². The van der Waals surface area contributed by atoms with Crippen LogP contribution >= 0.6 is 0 Å². The van der Waals surface area contributed by atoms with E-state index in [4.69, 9.17) is 9.47 Å². The molecule has 0 aliphatic carbocycles. The number of carbonyl (C=O) groups is 1. The van der Waals surface area contributed by atoms with Crippen molar-refractivity contribution >= 4 is 5.97 Å². The first kappa shape index (κ1) is 17.1. The van der Waals surface area contributed by atoms with E-state index >= 15 is 0 Å². The molecule has 0 radical (unpaired) electrons. The maximum absolute atomic E-state index is 12.2. The molecule has 0 saturated carbocycles. The fourth-order valence-corrected chi connectivity index (χ4v) is 2.24. The summed E-state index contributed by atoms with van der Waals surface area (Å²) in [5.41, 5.74) is 1.79. The highest BCUT2D eigenvalue weighted by molar-refractivity contribution is 5.91. The van der Waals surface area contributed by atoms with Crippen LogP contribution in [-0.2, 0) is 6.42 Å². The molecule has 0 aromatic heterocycles. The largest absolute Gasteiger partial charge is 0.494 e. The standard InChI is InChI=1S/C20H24O3/c1-4-13-22-18-9-11-19(12-10-18)23-20(21)17-7-5-16(6-8-17)14-15(2)3/h5-12,15H,4,13-14H2,1-3H3. The Bertz CT molecular complexity index is 612. The topological polar surface area (TPSA) is 35.5 Å². The van der Waals surface area contributed by atoms with Gasteiger partial charge in [-0.15, -0.1) is 0 Å². The lowest BCUT2D eigenvalue weighted by molar-refractivity contribution is 0.0734. The van der Waals surface area contributed by atoms with Gasteiger partial charge in [0, 0.05) is 0 Å². The molecule has 0 aliphatic heterocycles. The van der Waals surface area contributed by atoms with E-state index in [1.165, 1.54) is 5.56 Å². The van der Waals surface area contributed by atoms with E-state index in [0.717, 1.165) is 18.6 Å². The Hall–Kier alpha value is -2.29. The fourth-order valence-electron chi connectivity index (χ4n) is 2.24. The van der Waals surface area contributed by atoms with Gasteiger partial charge in [0.1, 0.15) is 11.5 Å². The lowest BCUT2D eigenvalue weighted by Crippen LogP contribution is -2.08. The Morgan fingerprint density at radius 2 is 1.57 bits per heavy atom. The van der Waals surface area contributed by atoms with Crippen LogP contribution in [0, 0.1) is 5.92 Å². The Morgan fingerprint density at radius 3 is 2.13 bits per heavy atom. The lowest BCUT2D eigenvalue weighted by atomic mass is 10.0. The normalized spacial score (nSPS) is 10.6. The second kappa shape index (κ2) is 8.37. The Balaban J connectivity index is 1.95. The molecule has 0 saturated heterocycles. The number of hydrogen-bond donors (Lipinski definition) is 0. The van der Waals surface area contributed by atoms with Crippen molar-refractivity contribution in [1.82, 2.24) is 0 Å². The fraction of sp³-hybridized carbons (Fsp3) is 0.350. The molecule has 0 amide bonds. The van der Waals surface area contributed by atoms with Gasteiger partial charge in [-0.25, -0.2) is 4.79 Å². The van der Waals surface area contributed by atoms with Crippen molar-refractivity contribution in [2.24, 2.45) is 5.92 Å². The van der Waals surface area contributed by atoms with Gasteiger partial charge in [0.2, 0.25) is 0 Å². The molecule has 0 spiro atoms. The summed E-state index contributed by atoms with van der Waals surface area (Å²) >= 11 is 0. The molecule has 2 aromatic rings. The molecule has 0 unspecified atom stereocenters. The predicted molar refractivity (Wildman–Crippen MR) is 92.2 cm³/mol. The quantitative estimate of drug-likeness (QED) is 0.539. The highest BCUT2D eigenvalue weighted by Gasteiger charge is 2.09. The van der Waals surface area contributed by atoms with Crippen LogP contribution in [0.5, 0.6) is 11.5 Å². The van der Waals surface area contributed by atoms with Gasteiger partial charge in [-0.05, 0) is 60.7 Å². The molecule has 0 fully saturated rings. The average Bonchev–Trinajstić information content (AvgIpc) is 2.54. The van der Waals surface area contributed by atoms with Crippen molar-refractivity contribution < 1.29 is 14.3 Å². The highest BCUT2D eigenvalue weighted by Crippen LogP contribution is 2.19. The zero-order chi connectivity index (χ0) is 16.7. The van der Waals surface area contributed by atoms with Crippen LogP contribution in [0.3, 0.4) is 0 Å². The predicted octanol–water partition coefficient (Wildman–Crippen LogP) is 4.89. The van der Waals surface area contributed by atoms with Crippen molar-refractivity contribution in [2.75, 3.05) is 6.61 Å². The molecule has 3 nitrogen and oxygen atoms in total. The maximum Gasteiger partial charge on any atom is 0.343 e. The third-order valence-corrected chi connectivity index (χ3v) is 3.34. The lowest BCUT2D eigenvalue weighted by Gasteiger charge is -2.08. The van der Waals surface area contributed by atoms with Gasteiger partial charge >= 0.3 is 5.97 Å². The zero-order valence-electron chi connectivity index (χ0n) is 14.0. The monoisotopic (exact) mass is 312 g/mol. The van der Waals surface area contributed by atoms with E-state index < -0.39 is 0 Å². The molecule has 0 atom stereocenters. The second-order valence-electron chi connectivity index (χ2n) is 6.00. The summed E-state index contributed by atoms with van der Waals surface area (Å²) in [6.45, 7) is 7.09. The van der Waals surface area contributed by atoms with E-state index in [0.29, 0.717) is 23.8 Å². The Kier molecular flexibility index (Phi) is 6.21. The average molecular weight is 312 g/mol. The summed E-state index contributed by atoms with van der Waals surface area (Å²) < 4.78 is 10.9. The van der Waals surface area contributed by atoms with Crippen LogP contribution in [0.4, 0.5) is 0 Å². The van der Waals surface area contributed by atoms with E-state index in [2.05, 4.69) is 20.8 Å². The van der Waals surface area contributed by atoms with E-state index in [9.17, 15) is 4.79 Å².